The average Bonchev–Trinajstić information content (AvgIpc) is 1.50. The Bertz CT molecular complexity index is 7.51. The SMILES string of the molecule is [CH-]=C.[CH-]=C.[Sm].[Sm]. The monoisotopic (exact) mass is 358 g/mol. The number of hydrogen-bond donors (Lipinski definition) is 0. The molecular formula is C4H6Sm2-2. The van der Waals surface area contributed by atoms with E-state index < -0.39 is 0 Å². The number of rotatable bonds is 0. The molecule has 0 aliphatic carbocycles. The fraction of sp³-hybridized carbons (Fsp3) is 0. The summed E-state index contributed by atoms with van der Waals surface area (Å²) in [7, 11) is 0. The van der Waals surface area contributed by atoms with Crippen molar-refractivity contribution in [3.05, 3.63) is 26.3 Å². The van der Waals surface area contributed by atoms with Crippen molar-refractivity contribution in [2.24, 2.45) is 0 Å². The molecule has 0 nitrogen and oxygen atoms in total. The minimum absolute atomic E-state index is 0. The van der Waals surface area contributed by atoms with Crippen molar-refractivity contribution in [2.45, 2.75) is 0 Å². The zero-order valence-corrected chi connectivity index (χ0v) is 8.62. The third-order valence-corrected chi connectivity index (χ3v) is 0. The molecule has 0 saturated carbocycles. The molecular weight excluding hydrogens is 349 g/mol. The maximum Gasteiger partial charge on any atom is 0 e. The van der Waals surface area contributed by atoms with Gasteiger partial charge in [-0.05, 0) is 0 Å². The van der Waals surface area contributed by atoms with Crippen LogP contribution in [0, 0.1) is 93.9 Å². The second kappa shape index (κ2) is 58.4. The van der Waals surface area contributed by atoms with Crippen molar-refractivity contribution in [1.29, 1.82) is 0 Å². The van der Waals surface area contributed by atoms with Gasteiger partial charge in [-0.25, -0.2) is 0 Å². The van der Waals surface area contributed by atoms with Crippen molar-refractivity contribution in [3.63, 3.8) is 0 Å². The Balaban J connectivity index is -0.00000000500. The molecule has 0 N–H and O–H groups in total. The van der Waals surface area contributed by atoms with Crippen LogP contribution in [0.25, 0.3) is 0 Å². The first-order chi connectivity index (χ1) is 2.00. The van der Waals surface area contributed by atoms with Crippen LogP contribution in [-0.4, -0.2) is 0 Å². The Morgan fingerprint density at radius 1 is 0.667 bits per heavy atom. The summed E-state index contributed by atoms with van der Waals surface area (Å²) in [6.07, 6.45) is 0. The minimum Gasteiger partial charge on any atom is -0.521 e. The Labute approximate surface area is 105 Å². The molecule has 0 heterocycles. The fourth-order valence-electron chi connectivity index (χ4n) is 0. The maximum absolute atomic E-state index is 4.25. The minimum atomic E-state index is 0. The molecule has 6 heavy (non-hydrogen) atoms. The van der Waals surface area contributed by atoms with Crippen molar-refractivity contribution in [2.75, 3.05) is 0 Å². The van der Waals surface area contributed by atoms with Gasteiger partial charge in [0.2, 0.25) is 0 Å². The molecule has 0 rings (SSSR count). The van der Waals surface area contributed by atoms with Gasteiger partial charge in [0.15, 0.2) is 0 Å². The Morgan fingerprint density at radius 2 is 0.667 bits per heavy atom. The molecule has 0 aromatic carbocycles. The Morgan fingerprint density at radius 3 is 0.667 bits per heavy atom. The third kappa shape index (κ3) is 35.2. The van der Waals surface area contributed by atoms with E-state index in [2.05, 4.69) is 26.3 Å². The third-order valence-electron chi connectivity index (χ3n) is 0. The Hall–Kier alpha value is 2.16. The zero-order chi connectivity index (χ0) is 4.00. The van der Waals surface area contributed by atoms with Gasteiger partial charge >= 0.3 is 0 Å². The predicted molar refractivity (Wildman–Crippen MR) is 19.9 cm³/mol. The molecule has 0 aliphatic rings. The smallest absolute Gasteiger partial charge is 0 e. The molecule has 0 unspecified atom stereocenters. The van der Waals surface area contributed by atoms with E-state index in [1.165, 1.54) is 0 Å². The van der Waals surface area contributed by atoms with Crippen LogP contribution in [0.4, 0.5) is 0 Å². The van der Waals surface area contributed by atoms with Crippen LogP contribution in [0.5, 0.6) is 0 Å². The van der Waals surface area contributed by atoms with Gasteiger partial charge in [-0.15, -0.1) is 0 Å². The van der Waals surface area contributed by atoms with E-state index in [1.54, 1.807) is 0 Å². The standard InChI is InChI=1S/2C2H3.2Sm/c2*1-2;;/h2*1H,2H2;;/q2*-1;;. The van der Waals surface area contributed by atoms with Crippen LogP contribution >= 0.6 is 0 Å². The van der Waals surface area contributed by atoms with Crippen LogP contribution in [-0.2, 0) is 0 Å². The molecule has 0 amide bonds. The summed E-state index contributed by atoms with van der Waals surface area (Å²) < 4.78 is 0. The second-order valence-electron chi connectivity index (χ2n) is 0. The number of hydrogen-bond acceptors (Lipinski definition) is 0. The molecule has 0 aromatic rings. The summed E-state index contributed by atoms with van der Waals surface area (Å²) >= 11 is 0. The van der Waals surface area contributed by atoms with Crippen LogP contribution in [0.15, 0.2) is 13.2 Å². The fourth-order valence-corrected chi connectivity index (χ4v) is 0. The van der Waals surface area contributed by atoms with E-state index in [4.69, 9.17) is 0 Å². The maximum atomic E-state index is 4.25. The van der Waals surface area contributed by atoms with Crippen molar-refractivity contribution < 1.29 is 80.8 Å². The molecule has 0 saturated heterocycles. The molecule has 0 atom stereocenters. The van der Waals surface area contributed by atoms with Gasteiger partial charge in [0.1, 0.15) is 0 Å². The second-order valence-corrected chi connectivity index (χ2v) is 0. The van der Waals surface area contributed by atoms with Crippen molar-refractivity contribution in [1.82, 2.24) is 0 Å². The molecule has 0 aliphatic heterocycles. The van der Waals surface area contributed by atoms with Gasteiger partial charge in [0.25, 0.3) is 0 Å². The van der Waals surface area contributed by atoms with Crippen molar-refractivity contribution >= 4 is 0 Å². The normalized spacial score (nSPS) is 1.33. The van der Waals surface area contributed by atoms with Gasteiger partial charge < -0.3 is 13.2 Å². The van der Waals surface area contributed by atoms with Gasteiger partial charge in [-0.2, -0.15) is 0 Å². The molecule has 0 spiro atoms. The quantitative estimate of drug-likeness (QED) is 0.574. The van der Waals surface area contributed by atoms with E-state index in [9.17, 15) is 0 Å². The van der Waals surface area contributed by atoms with Gasteiger partial charge in [-0.1, -0.05) is 0 Å². The molecule has 0 bridgehead atoms. The van der Waals surface area contributed by atoms with Crippen LogP contribution in [0.3, 0.4) is 0 Å². The summed E-state index contributed by atoms with van der Waals surface area (Å²) in [5.41, 5.74) is 0. The first-order valence-electron chi connectivity index (χ1n) is 0.816. The van der Waals surface area contributed by atoms with Gasteiger partial charge in [-0.3, -0.25) is 13.2 Å². The first-order valence-corrected chi connectivity index (χ1v) is 0.816. The molecule has 0 radical (unpaired) electrons. The zero-order valence-electron chi connectivity index (χ0n) is 3.39. The summed E-state index contributed by atoms with van der Waals surface area (Å²) in [5.74, 6) is 0. The van der Waals surface area contributed by atoms with Crippen molar-refractivity contribution in [3.8, 4) is 0 Å². The Kier molecular flexibility index (Phi) is 235. The summed E-state index contributed by atoms with van der Waals surface area (Å²) in [4.78, 5) is 0. The van der Waals surface area contributed by atoms with E-state index in [-0.39, 0.29) is 80.8 Å². The predicted octanol–water partition coefficient (Wildman–Crippen LogP) is 1.21. The topological polar surface area (TPSA) is 0 Å². The molecule has 0 aromatic heterocycles. The summed E-state index contributed by atoms with van der Waals surface area (Å²) in [6.45, 7) is 14.0. The molecule has 2 heteroatoms. The first kappa shape index (κ1) is 24.2. The van der Waals surface area contributed by atoms with Crippen LogP contribution < -0.4 is 0 Å². The molecule has 0 fully saturated rings. The van der Waals surface area contributed by atoms with Gasteiger partial charge in [0, 0.05) is 80.8 Å². The summed E-state index contributed by atoms with van der Waals surface area (Å²) in [5, 5.41) is 0. The average molecular weight is 355 g/mol. The summed E-state index contributed by atoms with van der Waals surface area (Å²) in [6, 6.07) is 0. The van der Waals surface area contributed by atoms with E-state index >= 15 is 0 Å². The van der Waals surface area contributed by atoms with Crippen LogP contribution in [0.2, 0.25) is 0 Å². The van der Waals surface area contributed by atoms with E-state index in [0.717, 1.165) is 0 Å². The van der Waals surface area contributed by atoms with Crippen LogP contribution in [0.1, 0.15) is 0 Å². The van der Waals surface area contributed by atoms with Gasteiger partial charge in [0.05, 0.1) is 0 Å². The largest absolute Gasteiger partial charge is 0.521 e. The van der Waals surface area contributed by atoms with E-state index in [1.807, 2.05) is 0 Å². The molecule has 36 valence electrons. The van der Waals surface area contributed by atoms with E-state index in [0.29, 0.717) is 0 Å².